The number of carbonyl (C=O) groups is 2. The molecule has 19 heavy (non-hydrogen) atoms. The van der Waals surface area contributed by atoms with E-state index in [2.05, 4.69) is 5.32 Å². The molecule has 4 heteroatoms. The zero-order valence-electron chi connectivity index (χ0n) is 11.4. The lowest BCUT2D eigenvalue weighted by Crippen LogP contribution is -2.40. The van der Waals surface area contributed by atoms with E-state index in [4.69, 9.17) is 5.11 Å². The predicted octanol–water partition coefficient (Wildman–Crippen LogP) is 2.33. The average Bonchev–Trinajstić information content (AvgIpc) is 2.88. The van der Waals surface area contributed by atoms with Gasteiger partial charge >= 0.3 is 5.97 Å². The predicted molar refractivity (Wildman–Crippen MR) is 70.5 cm³/mol. The van der Waals surface area contributed by atoms with Crippen LogP contribution in [0.2, 0.25) is 0 Å². The molecule has 0 aromatic rings. The minimum atomic E-state index is -0.683. The van der Waals surface area contributed by atoms with Crippen molar-refractivity contribution in [1.82, 2.24) is 5.32 Å². The van der Waals surface area contributed by atoms with Crippen molar-refractivity contribution in [2.75, 3.05) is 0 Å². The Labute approximate surface area is 113 Å². The normalized spacial score (nSPS) is 36.1. The summed E-state index contributed by atoms with van der Waals surface area (Å²) < 4.78 is 0. The number of hydrogen-bond donors (Lipinski definition) is 2. The Hall–Kier alpha value is -1.06. The van der Waals surface area contributed by atoms with Crippen LogP contribution in [0.5, 0.6) is 0 Å². The molecule has 1 amide bonds. The quantitative estimate of drug-likeness (QED) is 0.823. The zero-order chi connectivity index (χ0) is 13.5. The SMILES string of the molecule is O=C(O)C1CCC(NC(=O)C2CC23CCCC3)CC1. The monoisotopic (exact) mass is 265 g/mol. The molecule has 2 N–H and O–H groups in total. The summed E-state index contributed by atoms with van der Waals surface area (Å²) in [6.07, 6.45) is 9.18. The van der Waals surface area contributed by atoms with Gasteiger partial charge in [0.2, 0.25) is 5.91 Å². The summed E-state index contributed by atoms with van der Waals surface area (Å²) in [6, 6.07) is 0.210. The molecule has 3 saturated carbocycles. The molecule has 0 aliphatic heterocycles. The highest BCUT2D eigenvalue weighted by Gasteiger charge is 2.58. The first-order valence-corrected chi connectivity index (χ1v) is 7.64. The summed E-state index contributed by atoms with van der Waals surface area (Å²) in [5.74, 6) is -0.389. The van der Waals surface area contributed by atoms with Gasteiger partial charge in [0.05, 0.1) is 5.92 Å². The Balaban J connectivity index is 1.45. The molecule has 1 spiro atoms. The maximum Gasteiger partial charge on any atom is 0.306 e. The molecule has 0 aromatic heterocycles. The van der Waals surface area contributed by atoms with Gasteiger partial charge < -0.3 is 10.4 Å². The van der Waals surface area contributed by atoms with E-state index in [9.17, 15) is 9.59 Å². The summed E-state index contributed by atoms with van der Waals surface area (Å²) in [6.45, 7) is 0. The molecular formula is C15H23NO3. The molecule has 0 bridgehead atoms. The van der Waals surface area contributed by atoms with Gasteiger partial charge in [0, 0.05) is 12.0 Å². The number of amides is 1. The average molecular weight is 265 g/mol. The zero-order valence-corrected chi connectivity index (χ0v) is 11.4. The molecule has 106 valence electrons. The van der Waals surface area contributed by atoms with Crippen molar-refractivity contribution in [2.24, 2.45) is 17.3 Å². The first kappa shape index (κ1) is 12.9. The lowest BCUT2D eigenvalue weighted by molar-refractivity contribution is -0.142. The Morgan fingerprint density at radius 2 is 1.68 bits per heavy atom. The molecule has 3 rings (SSSR count). The molecule has 3 aliphatic carbocycles. The number of aliphatic carboxylic acids is 1. The first-order chi connectivity index (χ1) is 9.11. The highest BCUT2D eigenvalue weighted by Crippen LogP contribution is 2.62. The van der Waals surface area contributed by atoms with Crippen LogP contribution in [0, 0.1) is 17.3 Å². The summed E-state index contributed by atoms with van der Waals surface area (Å²) in [7, 11) is 0. The fourth-order valence-corrected chi connectivity index (χ4v) is 4.14. The van der Waals surface area contributed by atoms with Crippen molar-refractivity contribution < 1.29 is 14.7 Å². The van der Waals surface area contributed by atoms with Crippen LogP contribution in [-0.4, -0.2) is 23.0 Å². The van der Waals surface area contributed by atoms with Crippen molar-refractivity contribution in [2.45, 2.75) is 63.8 Å². The molecule has 3 fully saturated rings. The lowest BCUT2D eigenvalue weighted by atomic mass is 9.86. The third-order valence-electron chi connectivity index (χ3n) is 5.53. The number of rotatable bonds is 3. The molecule has 4 nitrogen and oxygen atoms in total. The van der Waals surface area contributed by atoms with Gasteiger partial charge in [0.1, 0.15) is 0 Å². The number of nitrogens with one attached hydrogen (secondary N) is 1. The summed E-state index contributed by atoms with van der Waals surface area (Å²) >= 11 is 0. The van der Waals surface area contributed by atoms with Crippen LogP contribution >= 0.6 is 0 Å². The fourth-order valence-electron chi connectivity index (χ4n) is 4.14. The topological polar surface area (TPSA) is 66.4 Å². The molecule has 3 aliphatic rings. The van der Waals surface area contributed by atoms with Crippen LogP contribution in [-0.2, 0) is 9.59 Å². The van der Waals surface area contributed by atoms with Crippen LogP contribution in [0.4, 0.5) is 0 Å². The number of hydrogen-bond acceptors (Lipinski definition) is 2. The Morgan fingerprint density at radius 1 is 1.05 bits per heavy atom. The van der Waals surface area contributed by atoms with Crippen LogP contribution in [0.15, 0.2) is 0 Å². The van der Waals surface area contributed by atoms with Gasteiger partial charge in [0.15, 0.2) is 0 Å². The van der Waals surface area contributed by atoms with Gasteiger partial charge in [-0.2, -0.15) is 0 Å². The summed E-state index contributed by atoms with van der Waals surface area (Å²) in [5, 5.41) is 12.1. The van der Waals surface area contributed by atoms with Crippen LogP contribution in [0.3, 0.4) is 0 Å². The highest BCUT2D eigenvalue weighted by atomic mass is 16.4. The van der Waals surface area contributed by atoms with Crippen molar-refractivity contribution in [3.8, 4) is 0 Å². The third-order valence-corrected chi connectivity index (χ3v) is 5.53. The van der Waals surface area contributed by atoms with Crippen LogP contribution in [0.25, 0.3) is 0 Å². The van der Waals surface area contributed by atoms with Crippen molar-refractivity contribution >= 4 is 11.9 Å². The highest BCUT2D eigenvalue weighted by molar-refractivity contribution is 5.83. The largest absolute Gasteiger partial charge is 0.481 e. The molecule has 0 radical (unpaired) electrons. The molecular weight excluding hydrogens is 242 g/mol. The van der Waals surface area contributed by atoms with Gasteiger partial charge in [-0.15, -0.1) is 0 Å². The molecule has 1 atom stereocenters. The first-order valence-electron chi connectivity index (χ1n) is 7.64. The van der Waals surface area contributed by atoms with E-state index in [1.54, 1.807) is 0 Å². The van der Waals surface area contributed by atoms with Crippen molar-refractivity contribution in [3.05, 3.63) is 0 Å². The Bertz CT molecular complexity index is 379. The second kappa shape index (κ2) is 4.80. The van der Waals surface area contributed by atoms with Gasteiger partial charge in [-0.25, -0.2) is 0 Å². The van der Waals surface area contributed by atoms with E-state index >= 15 is 0 Å². The standard InChI is InChI=1S/C15H23NO3/c17-13(12-9-15(12)7-1-2-8-15)16-11-5-3-10(4-6-11)14(18)19/h10-12H,1-9H2,(H,16,17)(H,18,19). The minimum Gasteiger partial charge on any atom is -0.481 e. The van der Waals surface area contributed by atoms with Crippen molar-refractivity contribution in [3.63, 3.8) is 0 Å². The second-order valence-corrected chi connectivity index (χ2v) is 6.72. The van der Waals surface area contributed by atoms with Crippen molar-refractivity contribution in [1.29, 1.82) is 0 Å². The van der Waals surface area contributed by atoms with E-state index in [1.165, 1.54) is 25.7 Å². The Morgan fingerprint density at radius 3 is 2.26 bits per heavy atom. The minimum absolute atomic E-state index is 0.199. The maximum atomic E-state index is 12.2. The van der Waals surface area contributed by atoms with Gasteiger partial charge in [-0.3, -0.25) is 9.59 Å². The molecule has 0 saturated heterocycles. The van der Waals surface area contributed by atoms with E-state index in [0.717, 1.165) is 19.3 Å². The van der Waals surface area contributed by atoms with Gasteiger partial charge in [-0.05, 0) is 50.4 Å². The fraction of sp³-hybridized carbons (Fsp3) is 0.867. The van der Waals surface area contributed by atoms with Crippen LogP contribution in [0.1, 0.15) is 57.8 Å². The molecule has 0 aromatic carbocycles. The second-order valence-electron chi connectivity index (χ2n) is 6.72. The van der Waals surface area contributed by atoms with E-state index in [1.807, 2.05) is 0 Å². The maximum absolute atomic E-state index is 12.2. The number of carbonyl (C=O) groups excluding carboxylic acids is 1. The van der Waals surface area contributed by atoms with E-state index in [0.29, 0.717) is 18.3 Å². The van der Waals surface area contributed by atoms with Gasteiger partial charge in [-0.1, -0.05) is 12.8 Å². The number of carboxylic acids is 1. The molecule has 1 unspecified atom stereocenters. The summed E-state index contributed by atoms with van der Waals surface area (Å²) in [5.41, 5.74) is 0.363. The molecule has 0 heterocycles. The van der Waals surface area contributed by atoms with Gasteiger partial charge in [0.25, 0.3) is 0 Å². The summed E-state index contributed by atoms with van der Waals surface area (Å²) in [4.78, 5) is 23.1. The van der Waals surface area contributed by atoms with Crippen LogP contribution < -0.4 is 5.32 Å². The number of carboxylic acid groups (broad SMARTS) is 1. The lowest BCUT2D eigenvalue weighted by Gasteiger charge is -2.27. The third kappa shape index (κ3) is 2.49. The van der Waals surface area contributed by atoms with E-state index < -0.39 is 5.97 Å². The smallest absolute Gasteiger partial charge is 0.306 e. The van der Waals surface area contributed by atoms with E-state index in [-0.39, 0.29) is 23.8 Å². The Kier molecular flexibility index (Phi) is 3.27.